The van der Waals surface area contributed by atoms with Crippen LogP contribution in [0.1, 0.15) is 17.4 Å². The summed E-state index contributed by atoms with van der Waals surface area (Å²) in [6.07, 6.45) is -0.970. The van der Waals surface area contributed by atoms with Crippen LogP contribution >= 0.6 is 0 Å². The molecule has 0 radical (unpaired) electrons. The average Bonchev–Trinajstić information content (AvgIpc) is 3.14. The van der Waals surface area contributed by atoms with Crippen LogP contribution in [-0.4, -0.2) is 20.3 Å². The first-order valence-electron chi connectivity index (χ1n) is 9.84. The third-order valence-corrected chi connectivity index (χ3v) is 5.86. The molecule has 0 aliphatic carbocycles. The topological polar surface area (TPSA) is 58.2 Å². The molecule has 6 nitrogen and oxygen atoms in total. The molecule has 31 heavy (non-hydrogen) atoms. The van der Waals surface area contributed by atoms with Crippen molar-refractivity contribution in [2.45, 2.75) is 12.6 Å². The lowest BCUT2D eigenvalue weighted by Crippen LogP contribution is -2.37. The molecule has 2 aromatic carbocycles. The molecule has 0 unspecified atom stereocenters. The van der Waals surface area contributed by atoms with Crippen LogP contribution < -0.4 is 11.2 Å². The van der Waals surface area contributed by atoms with E-state index in [0.717, 1.165) is 16.2 Å². The largest absolute Gasteiger partial charge is 0.365 e. The normalized spacial score (nSPS) is 15.9. The molecule has 0 saturated carbocycles. The van der Waals surface area contributed by atoms with Crippen LogP contribution in [0.4, 0.5) is 8.78 Å². The molecule has 0 amide bonds. The maximum Gasteiger partial charge on any atom is 0.331 e. The smallest absolute Gasteiger partial charge is 0.331 e. The fourth-order valence-electron chi connectivity index (χ4n) is 4.44. The molecule has 4 aromatic rings. The van der Waals surface area contributed by atoms with Crippen molar-refractivity contribution in [1.29, 1.82) is 0 Å². The van der Waals surface area contributed by atoms with Crippen molar-refractivity contribution < 1.29 is 13.5 Å². The van der Waals surface area contributed by atoms with E-state index < -0.39 is 29.0 Å². The zero-order valence-corrected chi connectivity index (χ0v) is 16.9. The molecule has 158 valence electrons. The zero-order chi connectivity index (χ0) is 21.9. The highest BCUT2D eigenvalue weighted by Gasteiger charge is 2.34. The van der Waals surface area contributed by atoms with E-state index in [0.29, 0.717) is 28.8 Å². The molecule has 0 fully saturated rings. The van der Waals surface area contributed by atoms with Crippen LogP contribution in [0.5, 0.6) is 0 Å². The highest BCUT2D eigenvalue weighted by atomic mass is 19.2. The molecular formula is C23H19F2N3O3. The zero-order valence-electron chi connectivity index (χ0n) is 16.9. The summed E-state index contributed by atoms with van der Waals surface area (Å²) in [4.78, 5) is 26.0. The third-order valence-electron chi connectivity index (χ3n) is 5.86. The van der Waals surface area contributed by atoms with Crippen LogP contribution in [-0.2, 0) is 25.4 Å². The van der Waals surface area contributed by atoms with Gasteiger partial charge in [0.25, 0.3) is 5.56 Å². The lowest BCUT2D eigenvalue weighted by molar-refractivity contribution is 0.0453. The van der Waals surface area contributed by atoms with Gasteiger partial charge < -0.3 is 9.30 Å². The summed E-state index contributed by atoms with van der Waals surface area (Å²) in [6.45, 7) is 0.641. The summed E-state index contributed by atoms with van der Waals surface area (Å²) in [5.41, 5.74) is 1.31. The Kier molecular flexibility index (Phi) is 4.40. The van der Waals surface area contributed by atoms with Crippen molar-refractivity contribution in [3.8, 4) is 11.3 Å². The van der Waals surface area contributed by atoms with Gasteiger partial charge in [-0.15, -0.1) is 0 Å². The monoisotopic (exact) mass is 423 g/mol. The number of rotatable bonds is 2. The van der Waals surface area contributed by atoms with Crippen LogP contribution in [0.2, 0.25) is 0 Å². The Bertz CT molecular complexity index is 1450. The van der Waals surface area contributed by atoms with E-state index >= 15 is 0 Å². The van der Waals surface area contributed by atoms with E-state index in [4.69, 9.17) is 4.74 Å². The minimum absolute atomic E-state index is 0.0214. The number of hydrogen-bond acceptors (Lipinski definition) is 3. The van der Waals surface area contributed by atoms with Gasteiger partial charge >= 0.3 is 5.69 Å². The fourth-order valence-corrected chi connectivity index (χ4v) is 4.44. The van der Waals surface area contributed by atoms with Gasteiger partial charge in [-0.25, -0.2) is 13.6 Å². The van der Waals surface area contributed by atoms with Crippen molar-refractivity contribution in [1.82, 2.24) is 13.7 Å². The van der Waals surface area contributed by atoms with Gasteiger partial charge in [0.15, 0.2) is 11.6 Å². The van der Waals surface area contributed by atoms with Crippen LogP contribution in [0.15, 0.2) is 58.1 Å². The molecule has 0 saturated heterocycles. The highest BCUT2D eigenvalue weighted by molar-refractivity contribution is 5.96. The Morgan fingerprint density at radius 2 is 1.71 bits per heavy atom. The first kappa shape index (κ1) is 19.4. The van der Waals surface area contributed by atoms with Crippen molar-refractivity contribution in [2.75, 3.05) is 6.61 Å². The highest BCUT2D eigenvalue weighted by Crippen LogP contribution is 2.41. The Morgan fingerprint density at radius 1 is 0.968 bits per heavy atom. The molecule has 1 aliphatic heterocycles. The van der Waals surface area contributed by atoms with Gasteiger partial charge in [0.2, 0.25) is 0 Å². The summed E-state index contributed by atoms with van der Waals surface area (Å²) < 4.78 is 39.0. The van der Waals surface area contributed by atoms with E-state index in [1.807, 2.05) is 34.9 Å². The summed E-state index contributed by atoms with van der Waals surface area (Å²) in [5.74, 6) is -1.99. The van der Waals surface area contributed by atoms with Crippen LogP contribution in [0, 0.1) is 11.6 Å². The minimum atomic E-state index is -1.01. The number of halogens is 2. The number of benzene rings is 2. The Labute approximate surface area is 175 Å². The molecule has 3 heterocycles. The molecule has 0 bridgehead atoms. The van der Waals surface area contributed by atoms with Gasteiger partial charge in [-0.05, 0) is 11.6 Å². The molecule has 0 spiro atoms. The van der Waals surface area contributed by atoms with E-state index in [1.54, 1.807) is 7.05 Å². The lowest BCUT2D eigenvalue weighted by atomic mass is 10.0. The second-order valence-corrected chi connectivity index (χ2v) is 7.57. The Balaban J connectivity index is 1.97. The number of hydrogen-bond donors (Lipinski definition) is 0. The maximum absolute atomic E-state index is 14.7. The first-order chi connectivity index (χ1) is 14.9. The van der Waals surface area contributed by atoms with Gasteiger partial charge in [0, 0.05) is 26.2 Å². The number of nitrogens with zero attached hydrogens (tertiary/aromatic N) is 3. The van der Waals surface area contributed by atoms with E-state index in [-0.39, 0.29) is 12.2 Å². The van der Waals surface area contributed by atoms with E-state index in [1.165, 1.54) is 23.7 Å². The van der Waals surface area contributed by atoms with Gasteiger partial charge in [0.1, 0.15) is 6.10 Å². The second-order valence-electron chi connectivity index (χ2n) is 7.57. The fraction of sp³-hybridized carbons (Fsp3) is 0.217. The van der Waals surface area contributed by atoms with Crippen molar-refractivity contribution >= 4 is 10.9 Å². The van der Waals surface area contributed by atoms with Gasteiger partial charge in [-0.2, -0.15) is 0 Å². The molecule has 1 aliphatic rings. The third kappa shape index (κ3) is 2.71. The lowest BCUT2D eigenvalue weighted by Gasteiger charge is -2.28. The summed E-state index contributed by atoms with van der Waals surface area (Å²) >= 11 is 0. The first-order valence-corrected chi connectivity index (χ1v) is 9.84. The van der Waals surface area contributed by atoms with E-state index in [9.17, 15) is 18.4 Å². The Morgan fingerprint density at radius 3 is 2.45 bits per heavy atom. The molecule has 2 aromatic heterocycles. The number of fused-ring (bicyclic) bond motifs is 3. The quantitative estimate of drug-likeness (QED) is 0.498. The van der Waals surface area contributed by atoms with Crippen molar-refractivity contribution in [2.24, 2.45) is 14.1 Å². The number of aryl methyl sites for hydroxylation is 1. The second kappa shape index (κ2) is 7.02. The Hall–Kier alpha value is -3.52. The maximum atomic E-state index is 14.7. The predicted octanol–water partition coefficient (Wildman–Crippen LogP) is 3.10. The molecule has 8 heteroatoms. The summed E-state index contributed by atoms with van der Waals surface area (Å²) in [6, 6.07) is 13.2. The molecular weight excluding hydrogens is 404 g/mol. The molecule has 1 atom stereocenters. The van der Waals surface area contributed by atoms with Crippen molar-refractivity contribution in [3.63, 3.8) is 0 Å². The van der Waals surface area contributed by atoms with Crippen LogP contribution in [0.25, 0.3) is 22.2 Å². The van der Waals surface area contributed by atoms with Gasteiger partial charge in [0.05, 0.1) is 28.9 Å². The molecule has 5 rings (SSSR count). The SMILES string of the molecule is Cn1c(=O)c2c(-c3ccccc3)n3c(c2n(C)c1=O)[C@H](c1cccc(F)c1F)OCC3. The predicted molar refractivity (Wildman–Crippen MR) is 112 cm³/mol. The van der Waals surface area contributed by atoms with Gasteiger partial charge in [-0.1, -0.05) is 42.5 Å². The summed E-state index contributed by atoms with van der Waals surface area (Å²) in [7, 11) is 2.99. The number of ether oxygens (including phenoxy) is 1. The summed E-state index contributed by atoms with van der Waals surface area (Å²) in [5, 5.41) is 0.345. The van der Waals surface area contributed by atoms with E-state index in [2.05, 4.69) is 0 Å². The standard InChI is InChI=1S/C23H19F2N3O3/c1-26-19-16(22(29)27(2)23(26)30)18(13-7-4-3-5-8-13)28-11-12-31-21(20(19)28)14-9-6-10-15(24)17(14)25/h3-10,21H,11-12H2,1-2H3/t21-/m0/s1. The minimum Gasteiger partial charge on any atom is -0.365 e. The van der Waals surface area contributed by atoms with Crippen molar-refractivity contribution in [3.05, 3.63) is 92.3 Å². The molecule has 0 N–H and O–H groups in total. The average molecular weight is 423 g/mol. The van der Waals surface area contributed by atoms with Gasteiger partial charge in [-0.3, -0.25) is 13.9 Å². The number of aromatic nitrogens is 3. The van der Waals surface area contributed by atoms with Crippen LogP contribution in [0.3, 0.4) is 0 Å².